The van der Waals surface area contributed by atoms with Crippen molar-refractivity contribution in [2.24, 2.45) is 5.92 Å². The molecule has 1 aromatic rings. The SMILES string of the molecule is COc1cc(O)c2c(c1)/C=C/[C@H](C)CCC(=O)CCC[C@@H](C)OC2=O. The van der Waals surface area contributed by atoms with E-state index in [1.165, 1.54) is 13.2 Å². The Morgan fingerprint density at radius 2 is 1.92 bits per heavy atom. The lowest BCUT2D eigenvalue weighted by atomic mass is 9.97. The van der Waals surface area contributed by atoms with E-state index in [9.17, 15) is 14.7 Å². The summed E-state index contributed by atoms with van der Waals surface area (Å²) in [6.45, 7) is 3.82. The second kappa shape index (κ2) is 8.70. The fourth-order valence-corrected chi connectivity index (χ4v) is 2.86. The van der Waals surface area contributed by atoms with E-state index in [1.807, 2.05) is 13.0 Å². The van der Waals surface area contributed by atoms with E-state index >= 15 is 0 Å². The van der Waals surface area contributed by atoms with Gasteiger partial charge < -0.3 is 14.6 Å². The van der Waals surface area contributed by atoms with Crippen molar-refractivity contribution in [1.82, 2.24) is 0 Å². The molecule has 0 saturated carbocycles. The van der Waals surface area contributed by atoms with Crippen molar-refractivity contribution in [3.8, 4) is 11.5 Å². The van der Waals surface area contributed by atoms with Gasteiger partial charge in [-0.2, -0.15) is 0 Å². The Morgan fingerprint density at radius 1 is 1.16 bits per heavy atom. The van der Waals surface area contributed by atoms with Crippen LogP contribution in [0.1, 0.15) is 61.9 Å². The lowest BCUT2D eigenvalue weighted by Crippen LogP contribution is -2.17. The first-order chi connectivity index (χ1) is 11.9. The van der Waals surface area contributed by atoms with Gasteiger partial charge in [0.15, 0.2) is 0 Å². The molecule has 25 heavy (non-hydrogen) atoms. The van der Waals surface area contributed by atoms with Gasteiger partial charge in [0.2, 0.25) is 0 Å². The van der Waals surface area contributed by atoms with Crippen LogP contribution >= 0.6 is 0 Å². The lowest BCUT2D eigenvalue weighted by Gasteiger charge is -2.16. The van der Waals surface area contributed by atoms with Crippen molar-refractivity contribution >= 4 is 17.8 Å². The van der Waals surface area contributed by atoms with Crippen LogP contribution in [0.2, 0.25) is 0 Å². The summed E-state index contributed by atoms with van der Waals surface area (Å²) in [4.78, 5) is 24.4. The zero-order chi connectivity index (χ0) is 18.4. The Balaban J connectivity index is 2.40. The third kappa shape index (κ3) is 5.34. The molecule has 0 bridgehead atoms. The van der Waals surface area contributed by atoms with Gasteiger partial charge in [0.05, 0.1) is 13.2 Å². The van der Waals surface area contributed by atoms with Gasteiger partial charge in [-0.3, -0.25) is 4.79 Å². The number of benzene rings is 1. The Bertz CT molecular complexity index is 662. The topological polar surface area (TPSA) is 72.8 Å². The van der Waals surface area contributed by atoms with E-state index in [1.54, 1.807) is 19.1 Å². The molecule has 0 fully saturated rings. The molecule has 0 saturated heterocycles. The van der Waals surface area contributed by atoms with Crippen molar-refractivity contribution in [3.63, 3.8) is 0 Å². The number of ether oxygens (including phenoxy) is 2. The minimum Gasteiger partial charge on any atom is -0.507 e. The highest BCUT2D eigenvalue weighted by Crippen LogP contribution is 2.30. The summed E-state index contributed by atoms with van der Waals surface area (Å²) >= 11 is 0. The van der Waals surface area contributed by atoms with Crippen LogP contribution in [0, 0.1) is 5.92 Å². The van der Waals surface area contributed by atoms with Gasteiger partial charge in [0.25, 0.3) is 0 Å². The molecular weight excluding hydrogens is 320 g/mol. The quantitative estimate of drug-likeness (QED) is 0.774. The number of esters is 1. The summed E-state index contributed by atoms with van der Waals surface area (Å²) in [6.07, 6.45) is 6.54. The first kappa shape index (κ1) is 19.0. The third-order valence-electron chi connectivity index (χ3n) is 4.42. The van der Waals surface area contributed by atoms with E-state index in [2.05, 4.69) is 0 Å². The van der Waals surface area contributed by atoms with Crippen LogP contribution in [0.25, 0.3) is 6.08 Å². The standard InChI is InChI=1S/C20H26O5/c1-13-7-9-15-11-17(24-3)12-18(22)19(15)20(23)25-14(2)5-4-6-16(21)10-8-13/h7,9,11-14,22H,4-6,8,10H2,1-3H3/b9-7+/t13-,14+/m0/s1. The van der Waals surface area contributed by atoms with Crippen LogP contribution in [0.5, 0.6) is 11.5 Å². The van der Waals surface area contributed by atoms with Crippen LogP contribution in [-0.4, -0.2) is 30.1 Å². The Morgan fingerprint density at radius 3 is 2.64 bits per heavy atom. The number of Topliss-reactive ketones (excluding diaryl/α,β-unsaturated/α-hetero) is 1. The van der Waals surface area contributed by atoms with E-state index < -0.39 is 5.97 Å². The van der Waals surface area contributed by atoms with Crippen molar-refractivity contribution < 1.29 is 24.2 Å². The molecule has 1 aromatic carbocycles. The zero-order valence-electron chi connectivity index (χ0n) is 15.1. The van der Waals surface area contributed by atoms with Gasteiger partial charge in [0, 0.05) is 18.9 Å². The summed E-state index contributed by atoms with van der Waals surface area (Å²) in [5.41, 5.74) is 0.688. The third-order valence-corrected chi connectivity index (χ3v) is 4.42. The number of methoxy groups -OCH3 is 1. The normalized spacial score (nSPS) is 24.0. The van der Waals surface area contributed by atoms with Gasteiger partial charge >= 0.3 is 5.97 Å². The predicted molar refractivity (Wildman–Crippen MR) is 95.8 cm³/mol. The molecule has 1 heterocycles. The fraction of sp³-hybridized carbons (Fsp3) is 0.500. The molecular formula is C20H26O5. The molecule has 1 aliphatic rings. The predicted octanol–water partition coefficient (Wildman–Crippen LogP) is 4.13. The van der Waals surface area contributed by atoms with Crippen LogP contribution in [0.3, 0.4) is 0 Å². The number of phenolic OH excluding ortho intramolecular Hbond substituents is 1. The molecule has 0 amide bonds. The molecule has 136 valence electrons. The van der Waals surface area contributed by atoms with Crippen molar-refractivity contribution in [3.05, 3.63) is 29.3 Å². The van der Waals surface area contributed by atoms with Crippen molar-refractivity contribution in [2.75, 3.05) is 7.11 Å². The van der Waals surface area contributed by atoms with Gasteiger partial charge in [0.1, 0.15) is 22.8 Å². The van der Waals surface area contributed by atoms with Crippen LogP contribution in [-0.2, 0) is 9.53 Å². The molecule has 5 heteroatoms. The highest BCUT2D eigenvalue weighted by atomic mass is 16.5. The summed E-state index contributed by atoms with van der Waals surface area (Å²) in [6, 6.07) is 3.10. The second-order valence-electron chi connectivity index (χ2n) is 6.63. The average Bonchev–Trinajstić information content (AvgIpc) is 2.56. The smallest absolute Gasteiger partial charge is 0.342 e. The molecule has 1 aliphatic heterocycles. The van der Waals surface area contributed by atoms with Gasteiger partial charge in [-0.05, 0) is 43.7 Å². The number of phenols is 1. The van der Waals surface area contributed by atoms with Gasteiger partial charge in [-0.15, -0.1) is 0 Å². The molecule has 5 nitrogen and oxygen atoms in total. The molecule has 0 aromatic heterocycles. The highest BCUT2D eigenvalue weighted by molar-refractivity contribution is 5.97. The van der Waals surface area contributed by atoms with Crippen LogP contribution < -0.4 is 4.74 Å². The molecule has 0 unspecified atom stereocenters. The van der Waals surface area contributed by atoms with E-state index in [0.717, 1.165) is 6.42 Å². The number of aromatic hydroxyl groups is 1. The van der Waals surface area contributed by atoms with E-state index in [-0.39, 0.29) is 29.1 Å². The van der Waals surface area contributed by atoms with Gasteiger partial charge in [-0.25, -0.2) is 4.79 Å². The van der Waals surface area contributed by atoms with E-state index in [4.69, 9.17) is 9.47 Å². The van der Waals surface area contributed by atoms with Crippen LogP contribution in [0.4, 0.5) is 0 Å². The van der Waals surface area contributed by atoms with Crippen molar-refractivity contribution in [1.29, 1.82) is 0 Å². The fourth-order valence-electron chi connectivity index (χ4n) is 2.86. The number of carbonyl (C=O) groups excluding carboxylic acids is 2. The summed E-state index contributed by atoms with van der Waals surface area (Å²) < 4.78 is 10.6. The molecule has 2 rings (SSSR count). The molecule has 2 atom stereocenters. The number of ketones is 1. The zero-order valence-corrected chi connectivity index (χ0v) is 15.1. The van der Waals surface area contributed by atoms with E-state index in [0.29, 0.717) is 37.0 Å². The number of hydrogen-bond donors (Lipinski definition) is 1. The Labute approximate surface area is 148 Å². The maximum absolute atomic E-state index is 12.5. The first-order valence-corrected chi connectivity index (χ1v) is 8.72. The summed E-state index contributed by atoms with van der Waals surface area (Å²) in [7, 11) is 1.50. The minimum absolute atomic E-state index is 0.143. The first-order valence-electron chi connectivity index (χ1n) is 8.72. The van der Waals surface area contributed by atoms with Crippen LogP contribution in [0.15, 0.2) is 18.2 Å². The average molecular weight is 346 g/mol. The van der Waals surface area contributed by atoms with Gasteiger partial charge in [-0.1, -0.05) is 19.1 Å². The highest BCUT2D eigenvalue weighted by Gasteiger charge is 2.21. The minimum atomic E-state index is -0.566. The second-order valence-corrected chi connectivity index (χ2v) is 6.63. The largest absolute Gasteiger partial charge is 0.507 e. The number of hydrogen-bond acceptors (Lipinski definition) is 5. The summed E-state index contributed by atoms with van der Waals surface area (Å²) in [5.74, 6) is 0.166. The Hall–Kier alpha value is -2.30. The number of carbonyl (C=O) groups is 2. The number of cyclic esters (lactones) is 1. The monoisotopic (exact) mass is 346 g/mol. The summed E-state index contributed by atoms with van der Waals surface area (Å²) in [5, 5.41) is 10.3. The number of rotatable bonds is 1. The molecule has 1 N–H and O–H groups in total. The number of fused-ring (bicyclic) bond motifs is 1. The number of allylic oxidation sites excluding steroid dienone is 1. The molecule has 0 radical (unpaired) electrons. The molecule has 0 spiro atoms. The Kier molecular flexibility index (Phi) is 6.62. The maximum atomic E-state index is 12.5. The maximum Gasteiger partial charge on any atom is 0.342 e. The molecule has 0 aliphatic carbocycles. The lowest BCUT2D eigenvalue weighted by molar-refractivity contribution is -0.119. The van der Waals surface area contributed by atoms with Crippen molar-refractivity contribution in [2.45, 2.75) is 52.1 Å².